The molecule has 0 radical (unpaired) electrons. The molecule has 1 atom stereocenters. The molecule has 1 aliphatic rings. The minimum Gasteiger partial charge on any atom is -0.497 e. The van der Waals surface area contributed by atoms with Gasteiger partial charge in [-0.05, 0) is 52.5 Å². The normalized spacial score (nSPS) is 22.6. The SMILES string of the molecule is COc1ccc(Br)c(C(=O)N2CCC(C)(CN)C2)c1. The highest BCUT2D eigenvalue weighted by atomic mass is 79.9. The average Bonchev–Trinajstić information content (AvgIpc) is 2.82. The molecular formula is C14H19BrN2O2. The largest absolute Gasteiger partial charge is 0.497 e. The summed E-state index contributed by atoms with van der Waals surface area (Å²) in [5, 5.41) is 0. The Labute approximate surface area is 122 Å². The molecule has 4 nitrogen and oxygen atoms in total. The maximum absolute atomic E-state index is 12.5. The second kappa shape index (κ2) is 5.51. The lowest BCUT2D eigenvalue weighted by atomic mass is 9.90. The first-order valence-electron chi connectivity index (χ1n) is 6.32. The quantitative estimate of drug-likeness (QED) is 0.927. The van der Waals surface area contributed by atoms with Crippen molar-refractivity contribution in [3.8, 4) is 5.75 Å². The number of hydrogen-bond acceptors (Lipinski definition) is 3. The fourth-order valence-corrected chi connectivity index (χ4v) is 2.75. The van der Waals surface area contributed by atoms with Crippen LogP contribution >= 0.6 is 15.9 Å². The van der Waals surface area contributed by atoms with E-state index in [1.807, 2.05) is 17.0 Å². The van der Waals surface area contributed by atoms with Gasteiger partial charge in [-0.1, -0.05) is 6.92 Å². The van der Waals surface area contributed by atoms with Gasteiger partial charge in [-0.2, -0.15) is 0 Å². The van der Waals surface area contributed by atoms with Crippen molar-refractivity contribution in [2.45, 2.75) is 13.3 Å². The van der Waals surface area contributed by atoms with E-state index in [1.165, 1.54) is 0 Å². The third-order valence-electron chi connectivity index (χ3n) is 3.74. The van der Waals surface area contributed by atoms with Crippen molar-refractivity contribution in [2.24, 2.45) is 11.1 Å². The fourth-order valence-electron chi connectivity index (χ4n) is 2.33. The van der Waals surface area contributed by atoms with Gasteiger partial charge in [0.05, 0.1) is 12.7 Å². The minimum absolute atomic E-state index is 0.0305. The van der Waals surface area contributed by atoms with Crippen molar-refractivity contribution >= 4 is 21.8 Å². The molecule has 19 heavy (non-hydrogen) atoms. The molecule has 0 saturated carbocycles. The Hall–Kier alpha value is -1.07. The fraction of sp³-hybridized carbons (Fsp3) is 0.500. The molecule has 1 aromatic carbocycles. The Kier molecular flexibility index (Phi) is 4.16. The van der Waals surface area contributed by atoms with Crippen molar-refractivity contribution < 1.29 is 9.53 Å². The molecule has 1 fully saturated rings. The van der Waals surface area contributed by atoms with Crippen LogP contribution in [0, 0.1) is 5.41 Å². The van der Waals surface area contributed by atoms with Crippen molar-refractivity contribution in [3.63, 3.8) is 0 Å². The van der Waals surface area contributed by atoms with Gasteiger partial charge in [0.15, 0.2) is 0 Å². The number of likely N-dealkylation sites (tertiary alicyclic amines) is 1. The standard InChI is InChI=1S/C14H19BrN2O2/c1-14(8-16)5-6-17(9-14)13(18)11-7-10(19-2)3-4-12(11)15/h3-4,7H,5-6,8-9,16H2,1-2H3. The van der Waals surface area contributed by atoms with Gasteiger partial charge < -0.3 is 15.4 Å². The molecule has 1 amide bonds. The van der Waals surface area contributed by atoms with Crippen molar-refractivity contribution in [1.82, 2.24) is 4.90 Å². The van der Waals surface area contributed by atoms with Crippen molar-refractivity contribution in [2.75, 3.05) is 26.7 Å². The Bertz CT molecular complexity index is 492. The Balaban J connectivity index is 2.21. The molecule has 2 rings (SSSR count). The molecule has 1 unspecified atom stereocenters. The van der Waals surface area contributed by atoms with E-state index in [-0.39, 0.29) is 11.3 Å². The summed E-state index contributed by atoms with van der Waals surface area (Å²) in [6.45, 7) is 4.21. The predicted molar refractivity (Wildman–Crippen MR) is 78.4 cm³/mol. The van der Waals surface area contributed by atoms with Crippen LogP contribution in [0.5, 0.6) is 5.75 Å². The van der Waals surface area contributed by atoms with Gasteiger partial charge in [0.2, 0.25) is 0 Å². The van der Waals surface area contributed by atoms with Crippen LogP contribution < -0.4 is 10.5 Å². The van der Waals surface area contributed by atoms with Gasteiger partial charge in [0.25, 0.3) is 5.91 Å². The summed E-state index contributed by atoms with van der Waals surface area (Å²) < 4.78 is 5.96. The van der Waals surface area contributed by atoms with E-state index >= 15 is 0 Å². The number of ether oxygens (including phenoxy) is 1. The second-order valence-electron chi connectivity index (χ2n) is 5.34. The zero-order chi connectivity index (χ0) is 14.0. The van der Waals surface area contributed by atoms with Gasteiger partial charge in [-0.15, -0.1) is 0 Å². The number of carbonyl (C=O) groups excluding carboxylic acids is 1. The minimum atomic E-state index is 0.0305. The molecule has 1 aromatic rings. The molecular weight excluding hydrogens is 308 g/mol. The van der Waals surface area contributed by atoms with Crippen LogP contribution in [-0.2, 0) is 0 Å². The number of nitrogens with two attached hydrogens (primary N) is 1. The Morgan fingerprint density at radius 3 is 2.89 bits per heavy atom. The summed E-state index contributed by atoms with van der Waals surface area (Å²) in [4.78, 5) is 14.4. The van der Waals surface area contributed by atoms with E-state index in [9.17, 15) is 4.79 Å². The first-order valence-corrected chi connectivity index (χ1v) is 7.11. The van der Waals surface area contributed by atoms with Gasteiger partial charge in [-0.3, -0.25) is 4.79 Å². The lowest BCUT2D eigenvalue weighted by molar-refractivity contribution is 0.0775. The highest BCUT2D eigenvalue weighted by molar-refractivity contribution is 9.10. The van der Waals surface area contributed by atoms with Crippen LogP contribution in [0.4, 0.5) is 0 Å². The number of benzene rings is 1. The smallest absolute Gasteiger partial charge is 0.255 e. The molecule has 1 saturated heterocycles. The van der Waals surface area contributed by atoms with Gasteiger partial charge in [0.1, 0.15) is 5.75 Å². The van der Waals surface area contributed by atoms with Crippen LogP contribution in [0.3, 0.4) is 0 Å². The van der Waals surface area contributed by atoms with Crippen molar-refractivity contribution in [3.05, 3.63) is 28.2 Å². The molecule has 2 N–H and O–H groups in total. The van der Waals surface area contributed by atoms with Crippen LogP contribution in [0.25, 0.3) is 0 Å². The third-order valence-corrected chi connectivity index (χ3v) is 4.43. The average molecular weight is 327 g/mol. The molecule has 1 aliphatic heterocycles. The highest BCUT2D eigenvalue weighted by Crippen LogP contribution is 2.31. The summed E-state index contributed by atoms with van der Waals surface area (Å²) in [6.07, 6.45) is 0.955. The zero-order valence-corrected chi connectivity index (χ0v) is 12.9. The summed E-state index contributed by atoms with van der Waals surface area (Å²) in [5.41, 5.74) is 6.46. The van der Waals surface area contributed by atoms with Gasteiger partial charge in [0, 0.05) is 17.6 Å². The Morgan fingerprint density at radius 1 is 1.58 bits per heavy atom. The van der Waals surface area contributed by atoms with Crippen LogP contribution in [0.2, 0.25) is 0 Å². The first-order chi connectivity index (χ1) is 8.99. The second-order valence-corrected chi connectivity index (χ2v) is 6.19. The lowest BCUT2D eigenvalue weighted by Crippen LogP contribution is -2.34. The predicted octanol–water partition coefficient (Wildman–Crippen LogP) is 2.27. The van der Waals surface area contributed by atoms with Crippen LogP contribution in [0.1, 0.15) is 23.7 Å². The molecule has 1 heterocycles. The number of carbonyl (C=O) groups is 1. The van der Waals surface area contributed by atoms with Crippen molar-refractivity contribution in [1.29, 1.82) is 0 Å². The van der Waals surface area contributed by atoms with E-state index in [0.29, 0.717) is 24.4 Å². The molecule has 0 spiro atoms. The van der Waals surface area contributed by atoms with E-state index in [4.69, 9.17) is 10.5 Å². The number of methoxy groups -OCH3 is 1. The van der Waals surface area contributed by atoms with Crippen LogP contribution in [-0.4, -0.2) is 37.6 Å². The molecule has 104 valence electrons. The van der Waals surface area contributed by atoms with E-state index in [1.54, 1.807) is 13.2 Å². The summed E-state index contributed by atoms with van der Waals surface area (Å²) >= 11 is 3.43. The number of halogens is 1. The first kappa shape index (κ1) is 14.3. The molecule has 0 aliphatic carbocycles. The van der Waals surface area contributed by atoms with Crippen LogP contribution in [0.15, 0.2) is 22.7 Å². The highest BCUT2D eigenvalue weighted by Gasteiger charge is 2.35. The number of nitrogens with zero attached hydrogens (tertiary/aromatic N) is 1. The number of rotatable bonds is 3. The summed E-state index contributed by atoms with van der Waals surface area (Å²) in [7, 11) is 1.60. The summed E-state index contributed by atoms with van der Waals surface area (Å²) in [6, 6.07) is 5.43. The monoisotopic (exact) mass is 326 g/mol. The zero-order valence-electron chi connectivity index (χ0n) is 11.3. The maximum Gasteiger partial charge on any atom is 0.255 e. The summed E-state index contributed by atoms with van der Waals surface area (Å²) in [5.74, 6) is 0.718. The van der Waals surface area contributed by atoms with E-state index < -0.39 is 0 Å². The van der Waals surface area contributed by atoms with E-state index in [0.717, 1.165) is 17.4 Å². The lowest BCUT2D eigenvalue weighted by Gasteiger charge is -2.23. The number of hydrogen-bond donors (Lipinski definition) is 1. The van der Waals surface area contributed by atoms with Gasteiger partial charge >= 0.3 is 0 Å². The van der Waals surface area contributed by atoms with E-state index in [2.05, 4.69) is 22.9 Å². The van der Waals surface area contributed by atoms with Gasteiger partial charge in [-0.25, -0.2) is 0 Å². The Morgan fingerprint density at radius 2 is 2.32 bits per heavy atom. The number of amides is 1. The molecule has 0 bridgehead atoms. The molecule has 5 heteroatoms. The maximum atomic E-state index is 12.5. The third kappa shape index (κ3) is 2.92. The topological polar surface area (TPSA) is 55.6 Å². The molecule has 0 aromatic heterocycles.